The van der Waals surface area contributed by atoms with Gasteiger partial charge in [0.1, 0.15) is 0 Å². The van der Waals surface area contributed by atoms with Gasteiger partial charge in [0.2, 0.25) is 0 Å². The molecule has 0 saturated carbocycles. The van der Waals surface area contributed by atoms with E-state index in [9.17, 15) is 8.78 Å². The van der Waals surface area contributed by atoms with Crippen LogP contribution < -0.4 is 0 Å². The van der Waals surface area contributed by atoms with Gasteiger partial charge in [0.15, 0.2) is 0 Å². The summed E-state index contributed by atoms with van der Waals surface area (Å²) in [4.78, 5) is 0. The van der Waals surface area contributed by atoms with Crippen LogP contribution in [0.25, 0.3) is 11.1 Å². The Morgan fingerprint density at radius 3 is 1.92 bits per heavy atom. The second-order valence-electron chi connectivity index (χ2n) is 6.31. The van der Waals surface area contributed by atoms with Crippen molar-refractivity contribution in [2.45, 2.75) is 51.9 Å². The molecule has 0 radical (unpaired) electrons. The Bertz CT molecular complexity index is 631. The van der Waals surface area contributed by atoms with E-state index >= 15 is 0 Å². The largest absolute Gasteiger partial charge is 0.270 e. The summed E-state index contributed by atoms with van der Waals surface area (Å²) in [6.45, 7) is 3.13. The molecule has 0 N–H and O–H groups in total. The van der Waals surface area contributed by atoms with Crippen LogP contribution in [0.1, 0.15) is 50.7 Å². The average molecular weight is 328 g/mol. The van der Waals surface area contributed by atoms with Crippen LogP contribution in [0.3, 0.4) is 0 Å². The van der Waals surface area contributed by atoms with E-state index in [-0.39, 0.29) is 5.56 Å². The minimum Gasteiger partial charge on any atom is -0.202 e. The molecule has 0 amide bonds. The van der Waals surface area contributed by atoms with Crippen molar-refractivity contribution in [2.75, 3.05) is 0 Å². The van der Waals surface area contributed by atoms with Crippen LogP contribution in [0.15, 0.2) is 60.7 Å². The summed E-state index contributed by atoms with van der Waals surface area (Å²) in [7, 11) is 0. The number of allylic oxidation sites excluding steroid dienone is 2. The minimum absolute atomic E-state index is 0.0535. The molecule has 0 aliphatic heterocycles. The molecule has 0 unspecified atom stereocenters. The third-order valence-corrected chi connectivity index (χ3v) is 4.17. The highest BCUT2D eigenvalue weighted by Crippen LogP contribution is 2.29. The molecule has 2 aromatic rings. The first-order chi connectivity index (χ1) is 11.5. The van der Waals surface area contributed by atoms with Crippen LogP contribution in [0.2, 0.25) is 0 Å². The van der Waals surface area contributed by atoms with E-state index in [1.807, 2.05) is 0 Å². The number of aryl methyl sites for hydroxylation is 1. The van der Waals surface area contributed by atoms with Gasteiger partial charge in [-0.25, -0.2) is 8.78 Å². The van der Waals surface area contributed by atoms with Gasteiger partial charge in [0.05, 0.1) is 0 Å². The number of hydrogen-bond acceptors (Lipinski definition) is 0. The van der Waals surface area contributed by atoms with Crippen LogP contribution in [-0.4, -0.2) is 0 Å². The molecule has 128 valence electrons. The number of unbranched alkanes of at least 4 members (excludes halogenated alkanes) is 2. The van der Waals surface area contributed by atoms with Crippen molar-refractivity contribution in [3.8, 4) is 11.1 Å². The van der Waals surface area contributed by atoms with E-state index in [1.165, 1.54) is 37.0 Å². The van der Waals surface area contributed by atoms with Gasteiger partial charge < -0.3 is 0 Å². The lowest BCUT2D eigenvalue weighted by molar-refractivity contribution is 0.0175. The van der Waals surface area contributed by atoms with Crippen molar-refractivity contribution < 1.29 is 8.78 Å². The molecule has 0 aliphatic rings. The standard InChI is InChI=1S/C22H26F2/c1-3-4-5-6-7-8-9-18-10-12-19(13-11-18)20-14-16-21(17-15-20)22(2,23)24/h6-7,10-17H,3-5,8-9H2,1-2H3. The van der Waals surface area contributed by atoms with Gasteiger partial charge in [-0.2, -0.15) is 0 Å². The lowest BCUT2D eigenvalue weighted by Crippen LogP contribution is -2.06. The third kappa shape index (κ3) is 5.59. The molecular weight excluding hydrogens is 302 g/mol. The average Bonchev–Trinajstić information content (AvgIpc) is 2.58. The van der Waals surface area contributed by atoms with Gasteiger partial charge >= 0.3 is 0 Å². The Kier molecular flexibility index (Phi) is 6.72. The zero-order chi connectivity index (χ0) is 17.4. The lowest BCUT2D eigenvalue weighted by Gasteiger charge is -2.11. The summed E-state index contributed by atoms with van der Waals surface area (Å²) in [5, 5.41) is 0. The normalized spacial score (nSPS) is 12.0. The van der Waals surface area contributed by atoms with Crippen LogP contribution in [0.5, 0.6) is 0 Å². The predicted molar refractivity (Wildman–Crippen MR) is 98.4 cm³/mol. The highest BCUT2D eigenvalue weighted by atomic mass is 19.3. The van der Waals surface area contributed by atoms with Gasteiger partial charge in [0.25, 0.3) is 5.92 Å². The summed E-state index contributed by atoms with van der Waals surface area (Å²) in [6, 6.07) is 14.9. The fourth-order valence-corrected chi connectivity index (χ4v) is 2.63. The summed E-state index contributed by atoms with van der Waals surface area (Å²) in [6.07, 6.45) is 10.3. The predicted octanol–water partition coefficient (Wildman–Crippen LogP) is 7.14. The van der Waals surface area contributed by atoms with Gasteiger partial charge in [-0.05, 0) is 36.0 Å². The van der Waals surface area contributed by atoms with Crippen LogP contribution in [0, 0.1) is 0 Å². The first-order valence-corrected chi connectivity index (χ1v) is 8.73. The molecule has 2 aromatic carbocycles. The Morgan fingerprint density at radius 2 is 1.38 bits per heavy atom. The van der Waals surface area contributed by atoms with Crippen molar-refractivity contribution >= 4 is 0 Å². The fraction of sp³-hybridized carbons (Fsp3) is 0.364. The Labute approximate surface area is 144 Å². The Morgan fingerprint density at radius 1 is 0.833 bits per heavy atom. The molecule has 2 heteroatoms. The van der Waals surface area contributed by atoms with Crippen molar-refractivity contribution in [1.29, 1.82) is 0 Å². The minimum atomic E-state index is -2.78. The van der Waals surface area contributed by atoms with Crippen LogP contribution >= 0.6 is 0 Å². The van der Waals surface area contributed by atoms with Crippen LogP contribution in [0.4, 0.5) is 8.78 Å². The zero-order valence-corrected chi connectivity index (χ0v) is 14.6. The van der Waals surface area contributed by atoms with Crippen molar-refractivity contribution in [3.63, 3.8) is 0 Å². The molecule has 0 fully saturated rings. The number of rotatable bonds is 8. The Hall–Kier alpha value is -1.96. The van der Waals surface area contributed by atoms with E-state index in [0.717, 1.165) is 30.9 Å². The fourth-order valence-electron chi connectivity index (χ4n) is 2.63. The molecule has 0 heterocycles. The molecule has 24 heavy (non-hydrogen) atoms. The van der Waals surface area contributed by atoms with Gasteiger partial charge in [0, 0.05) is 12.5 Å². The topological polar surface area (TPSA) is 0 Å². The molecule has 0 spiro atoms. The number of hydrogen-bond donors (Lipinski definition) is 0. The van der Waals surface area contributed by atoms with E-state index in [1.54, 1.807) is 12.1 Å². The van der Waals surface area contributed by atoms with E-state index in [2.05, 4.69) is 43.3 Å². The molecule has 0 aliphatic carbocycles. The number of alkyl halides is 2. The number of benzene rings is 2. The molecule has 0 atom stereocenters. The summed E-state index contributed by atoms with van der Waals surface area (Å²) < 4.78 is 26.5. The van der Waals surface area contributed by atoms with Gasteiger partial charge in [-0.1, -0.05) is 80.4 Å². The van der Waals surface area contributed by atoms with E-state index in [4.69, 9.17) is 0 Å². The lowest BCUT2D eigenvalue weighted by atomic mass is 10.00. The van der Waals surface area contributed by atoms with Gasteiger partial charge in [-0.3, -0.25) is 0 Å². The summed E-state index contributed by atoms with van der Waals surface area (Å²) >= 11 is 0. The monoisotopic (exact) mass is 328 g/mol. The van der Waals surface area contributed by atoms with Crippen molar-refractivity contribution in [1.82, 2.24) is 0 Å². The highest BCUT2D eigenvalue weighted by Gasteiger charge is 2.23. The Balaban J connectivity index is 1.93. The maximum absolute atomic E-state index is 13.3. The third-order valence-electron chi connectivity index (χ3n) is 4.17. The first-order valence-electron chi connectivity index (χ1n) is 8.73. The van der Waals surface area contributed by atoms with Crippen molar-refractivity contribution in [3.05, 3.63) is 71.8 Å². The van der Waals surface area contributed by atoms with E-state index < -0.39 is 5.92 Å². The molecular formula is C22H26F2. The molecule has 0 saturated heterocycles. The maximum Gasteiger partial charge on any atom is 0.270 e. The smallest absolute Gasteiger partial charge is 0.202 e. The van der Waals surface area contributed by atoms with Crippen LogP contribution in [-0.2, 0) is 12.3 Å². The molecule has 0 aromatic heterocycles. The summed E-state index contributed by atoms with van der Waals surface area (Å²) in [5.74, 6) is -2.78. The van der Waals surface area contributed by atoms with Crippen molar-refractivity contribution in [2.24, 2.45) is 0 Å². The second kappa shape index (κ2) is 8.77. The number of halogens is 2. The summed E-state index contributed by atoms with van der Waals surface area (Å²) in [5.41, 5.74) is 3.38. The SMILES string of the molecule is CCCCC=CCCc1ccc(-c2ccc(C(C)(F)F)cc2)cc1. The molecule has 0 nitrogen and oxygen atoms in total. The first kappa shape index (κ1) is 18.4. The van der Waals surface area contributed by atoms with E-state index in [0.29, 0.717) is 0 Å². The second-order valence-corrected chi connectivity index (χ2v) is 6.31. The molecule has 0 bridgehead atoms. The zero-order valence-electron chi connectivity index (χ0n) is 14.6. The van der Waals surface area contributed by atoms with Gasteiger partial charge in [-0.15, -0.1) is 0 Å². The quantitative estimate of drug-likeness (QED) is 0.357. The molecule has 2 rings (SSSR count). The highest BCUT2D eigenvalue weighted by molar-refractivity contribution is 5.64. The maximum atomic E-state index is 13.3.